The van der Waals surface area contributed by atoms with Crippen LogP contribution in [0.4, 0.5) is 11.4 Å². The Labute approximate surface area is 187 Å². The Kier molecular flexibility index (Phi) is 7.59. The standard InChI is InChI=1S/C23H27N3O4S/c1-15(2)16-4-6-17(7-5-16)21(27)25-23(31)24-19-14-18(22(28)29-3)8-9-20(19)26-10-12-30-13-11-26/h4-9,14-15H,10-13H2,1-3H3,(H2,24,25,27,31). The van der Waals surface area contributed by atoms with Crippen molar-refractivity contribution in [3.63, 3.8) is 0 Å². The lowest BCUT2D eigenvalue weighted by molar-refractivity contribution is 0.0600. The lowest BCUT2D eigenvalue weighted by Gasteiger charge is -2.31. The van der Waals surface area contributed by atoms with Crippen LogP contribution in [-0.4, -0.2) is 50.4 Å². The van der Waals surface area contributed by atoms with Gasteiger partial charge in [-0.05, 0) is 54.0 Å². The second-order valence-electron chi connectivity index (χ2n) is 7.51. The van der Waals surface area contributed by atoms with E-state index in [1.165, 1.54) is 7.11 Å². The molecule has 1 heterocycles. The first-order valence-electron chi connectivity index (χ1n) is 10.2. The molecular weight excluding hydrogens is 414 g/mol. The zero-order valence-electron chi connectivity index (χ0n) is 17.9. The molecule has 1 aliphatic heterocycles. The number of thiocarbonyl (C=S) groups is 1. The van der Waals surface area contributed by atoms with Crippen LogP contribution in [-0.2, 0) is 9.47 Å². The van der Waals surface area contributed by atoms with E-state index in [2.05, 4.69) is 29.4 Å². The van der Waals surface area contributed by atoms with Gasteiger partial charge in [0, 0.05) is 18.7 Å². The van der Waals surface area contributed by atoms with Crippen molar-refractivity contribution in [1.82, 2.24) is 5.32 Å². The lowest BCUT2D eigenvalue weighted by atomic mass is 10.0. The Morgan fingerprint density at radius 2 is 1.71 bits per heavy atom. The first-order valence-corrected chi connectivity index (χ1v) is 10.6. The summed E-state index contributed by atoms with van der Waals surface area (Å²) in [7, 11) is 1.33. The van der Waals surface area contributed by atoms with Crippen LogP contribution in [0.5, 0.6) is 0 Å². The fourth-order valence-electron chi connectivity index (χ4n) is 3.31. The molecule has 7 nitrogen and oxygen atoms in total. The SMILES string of the molecule is COC(=O)c1ccc(N2CCOCC2)c(NC(=S)NC(=O)c2ccc(C(C)C)cc2)c1. The molecule has 2 N–H and O–H groups in total. The number of anilines is 2. The number of hydrogen-bond donors (Lipinski definition) is 2. The van der Waals surface area contributed by atoms with E-state index in [9.17, 15) is 9.59 Å². The second-order valence-corrected chi connectivity index (χ2v) is 7.92. The maximum Gasteiger partial charge on any atom is 0.337 e. The van der Waals surface area contributed by atoms with Gasteiger partial charge in [0.25, 0.3) is 5.91 Å². The Balaban J connectivity index is 1.76. The zero-order chi connectivity index (χ0) is 22.4. The molecule has 8 heteroatoms. The normalized spacial score (nSPS) is 13.6. The Morgan fingerprint density at radius 1 is 1.06 bits per heavy atom. The quantitative estimate of drug-likeness (QED) is 0.542. The predicted molar refractivity (Wildman–Crippen MR) is 125 cm³/mol. The van der Waals surface area contributed by atoms with Crippen molar-refractivity contribution in [2.45, 2.75) is 19.8 Å². The molecule has 0 aliphatic carbocycles. The Hall–Kier alpha value is -2.97. The Bertz CT molecular complexity index is 954. The number of esters is 1. The molecule has 1 amide bonds. The molecule has 3 rings (SSSR count). The highest BCUT2D eigenvalue weighted by Crippen LogP contribution is 2.28. The second kappa shape index (κ2) is 10.4. The van der Waals surface area contributed by atoms with Crippen LogP contribution in [0.2, 0.25) is 0 Å². The van der Waals surface area contributed by atoms with Crippen LogP contribution in [0.3, 0.4) is 0 Å². The molecule has 0 aromatic heterocycles. The summed E-state index contributed by atoms with van der Waals surface area (Å²) in [6.07, 6.45) is 0. The summed E-state index contributed by atoms with van der Waals surface area (Å²) in [6, 6.07) is 12.7. The van der Waals surface area contributed by atoms with Crippen LogP contribution < -0.4 is 15.5 Å². The van der Waals surface area contributed by atoms with Crippen LogP contribution in [0.15, 0.2) is 42.5 Å². The number of ether oxygens (including phenoxy) is 2. The van der Waals surface area contributed by atoms with E-state index in [0.29, 0.717) is 49.0 Å². The van der Waals surface area contributed by atoms with E-state index in [1.807, 2.05) is 18.2 Å². The number of nitrogens with one attached hydrogen (secondary N) is 2. The number of benzene rings is 2. The van der Waals surface area contributed by atoms with Gasteiger partial charge in [0.15, 0.2) is 5.11 Å². The van der Waals surface area contributed by atoms with Crippen molar-refractivity contribution >= 4 is 40.6 Å². The third-order valence-electron chi connectivity index (χ3n) is 5.08. The number of morpholine rings is 1. The van der Waals surface area contributed by atoms with Crippen LogP contribution in [0.25, 0.3) is 0 Å². The zero-order valence-corrected chi connectivity index (χ0v) is 18.8. The summed E-state index contributed by atoms with van der Waals surface area (Å²) in [5.74, 6) is -0.359. The summed E-state index contributed by atoms with van der Waals surface area (Å²) in [6.45, 7) is 6.86. The van der Waals surface area contributed by atoms with Gasteiger partial charge >= 0.3 is 5.97 Å². The molecule has 2 aromatic carbocycles. The van der Waals surface area contributed by atoms with Crippen molar-refractivity contribution in [2.24, 2.45) is 0 Å². The average molecular weight is 442 g/mol. The Morgan fingerprint density at radius 3 is 2.32 bits per heavy atom. The lowest BCUT2D eigenvalue weighted by Crippen LogP contribution is -2.38. The number of nitrogens with zero attached hydrogens (tertiary/aromatic N) is 1. The fraction of sp³-hybridized carbons (Fsp3) is 0.348. The molecule has 0 saturated carbocycles. The van der Waals surface area contributed by atoms with Gasteiger partial charge in [-0.15, -0.1) is 0 Å². The van der Waals surface area contributed by atoms with Gasteiger partial charge in [-0.3, -0.25) is 10.1 Å². The molecular formula is C23H27N3O4S. The highest BCUT2D eigenvalue weighted by molar-refractivity contribution is 7.80. The number of hydrogen-bond acceptors (Lipinski definition) is 6. The number of carbonyl (C=O) groups excluding carboxylic acids is 2. The number of amides is 1. The summed E-state index contributed by atoms with van der Waals surface area (Å²) < 4.78 is 10.3. The monoisotopic (exact) mass is 441 g/mol. The topological polar surface area (TPSA) is 79.9 Å². The number of rotatable bonds is 5. The maximum absolute atomic E-state index is 12.6. The van der Waals surface area contributed by atoms with E-state index in [1.54, 1.807) is 24.3 Å². The highest BCUT2D eigenvalue weighted by atomic mass is 32.1. The molecule has 0 radical (unpaired) electrons. The molecule has 0 spiro atoms. The van der Waals surface area contributed by atoms with Crippen molar-refractivity contribution in [2.75, 3.05) is 43.6 Å². The first-order chi connectivity index (χ1) is 14.9. The van der Waals surface area contributed by atoms with Gasteiger partial charge in [-0.2, -0.15) is 0 Å². The van der Waals surface area contributed by atoms with Crippen LogP contribution >= 0.6 is 12.2 Å². The van der Waals surface area contributed by atoms with Gasteiger partial charge in [-0.1, -0.05) is 26.0 Å². The molecule has 164 valence electrons. The maximum atomic E-state index is 12.6. The first kappa shape index (κ1) is 22.7. The molecule has 0 unspecified atom stereocenters. The fourth-order valence-corrected chi connectivity index (χ4v) is 3.51. The van der Waals surface area contributed by atoms with Crippen molar-refractivity contribution in [3.8, 4) is 0 Å². The van der Waals surface area contributed by atoms with Crippen molar-refractivity contribution in [1.29, 1.82) is 0 Å². The highest BCUT2D eigenvalue weighted by Gasteiger charge is 2.18. The molecule has 31 heavy (non-hydrogen) atoms. The largest absolute Gasteiger partial charge is 0.465 e. The summed E-state index contributed by atoms with van der Waals surface area (Å²) in [5.41, 5.74) is 3.55. The van der Waals surface area contributed by atoms with Crippen LogP contribution in [0, 0.1) is 0 Å². The third kappa shape index (κ3) is 5.80. The number of carbonyl (C=O) groups is 2. The molecule has 0 atom stereocenters. The van der Waals surface area contributed by atoms with E-state index < -0.39 is 5.97 Å². The van der Waals surface area contributed by atoms with E-state index >= 15 is 0 Å². The third-order valence-corrected chi connectivity index (χ3v) is 5.29. The average Bonchev–Trinajstić information content (AvgIpc) is 2.79. The van der Waals surface area contributed by atoms with Gasteiger partial charge < -0.3 is 19.7 Å². The minimum absolute atomic E-state index is 0.148. The molecule has 0 bridgehead atoms. The summed E-state index contributed by atoms with van der Waals surface area (Å²) in [5, 5.41) is 5.92. The molecule has 2 aromatic rings. The molecule has 1 fully saturated rings. The predicted octanol–water partition coefficient (Wildman–Crippen LogP) is 3.56. The van der Waals surface area contributed by atoms with Crippen molar-refractivity contribution in [3.05, 3.63) is 59.2 Å². The summed E-state index contributed by atoms with van der Waals surface area (Å²) >= 11 is 5.38. The van der Waals surface area contributed by atoms with Crippen LogP contribution in [0.1, 0.15) is 46.0 Å². The van der Waals surface area contributed by atoms with Crippen molar-refractivity contribution < 1.29 is 19.1 Å². The molecule has 1 aliphatic rings. The molecule has 1 saturated heterocycles. The van der Waals surface area contributed by atoms with E-state index in [-0.39, 0.29) is 11.0 Å². The van der Waals surface area contributed by atoms with Gasteiger partial charge in [0.05, 0.1) is 37.3 Å². The van der Waals surface area contributed by atoms with Gasteiger partial charge in [-0.25, -0.2) is 4.79 Å². The minimum atomic E-state index is -0.447. The minimum Gasteiger partial charge on any atom is -0.465 e. The van der Waals surface area contributed by atoms with Gasteiger partial charge in [0.2, 0.25) is 0 Å². The summed E-state index contributed by atoms with van der Waals surface area (Å²) in [4.78, 5) is 26.7. The van der Waals surface area contributed by atoms with E-state index in [0.717, 1.165) is 11.3 Å². The van der Waals surface area contributed by atoms with Gasteiger partial charge in [0.1, 0.15) is 0 Å². The van der Waals surface area contributed by atoms with E-state index in [4.69, 9.17) is 21.7 Å². The smallest absolute Gasteiger partial charge is 0.337 e. The number of methoxy groups -OCH3 is 1.